The molecule has 0 bridgehead atoms. The zero-order chi connectivity index (χ0) is 27.7. The van der Waals surface area contributed by atoms with Gasteiger partial charge in [0.05, 0.1) is 54.0 Å². The van der Waals surface area contributed by atoms with E-state index in [1.54, 1.807) is 0 Å². The van der Waals surface area contributed by atoms with Gasteiger partial charge in [0.1, 0.15) is 0 Å². The topological polar surface area (TPSA) is 83.2 Å². The SMILES string of the molecule is CCC1(C)CC2(OCC3(CO2)COC2(CC(C)(CC)N([O])C(C)(CC)C2C)OC3)C(C)C(C)(CC)N1[O]. The van der Waals surface area contributed by atoms with E-state index < -0.39 is 39.1 Å². The molecule has 0 saturated carbocycles. The lowest BCUT2D eigenvalue weighted by atomic mass is 9.66. The van der Waals surface area contributed by atoms with E-state index in [9.17, 15) is 10.4 Å². The van der Waals surface area contributed by atoms with Crippen molar-refractivity contribution in [2.24, 2.45) is 17.3 Å². The Bertz CT molecular complexity index is 769. The third-order valence-electron chi connectivity index (χ3n) is 11.8. The first-order chi connectivity index (χ1) is 17.1. The molecule has 8 heteroatoms. The highest BCUT2D eigenvalue weighted by Crippen LogP contribution is 2.56. The van der Waals surface area contributed by atoms with Gasteiger partial charge in [0, 0.05) is 24.7 Å². The summed E-state index contributed by atoms with van der Waals surface area (Å²) in [6.45, 7) is 22.5. The van der Waals surface area contributed by atoms with Crippen molar-refractivity contribution in [3.05, 3.63) is 0 Å². The first-order valence-electron chi connectivity index (χ1n) is 14.6. The molecule has 4 fully saturated rings. The van der Waals surface area contributed by atoms with Gasteiger partial charge in [-0.1, -0.05) is 41.5 Å². The predicted octanol–water partition coefficient (Wildman–Crippen LogP) is 5.51. The van der Waals surface area contributed by atoms with E-state index in [2.05, 4.69) is 41.5 Å². The van der Waals surface area contributed by atoms with Gasteiger partial charge < -0.3 is 18.9 Å². The van der Waals surface area contributed by atoms with E-state index in [4.69, 9.17) is 18.9 Å². The van der Waals surface area contributed by atoms with Crippen LogP contribution in [0.2, 0.25) is 0 Å². The van der Waals surface area contributed by atoms with Gasteiger partial charge in [0.2, 0.25) is 0 Å². The summed E-state index contributed by atoms with van der Waals surface area (Å²) in [5.41, 5.74) is -2.66. The van der Waals surface area contributed by atoms with Crippen LogP contribution < -0.4 is 0 Å². The maximum atomic E-state index is 13.5. The molecule has 0 amide bonds. The standard InChI is InChI=1S/C29H52N2O6/c1-11-23(7)15-28(21(5)25(9,13-3)30(23)32)34-17-27(18-35-28)19-36-29(37-20-27)16-24(8,12-2)31(33)26(10,14-4)22(29)6/h21-22H,11-20H2,1-10H3. The molecule has 0 aromatic carbocycles. The van der Waals surface area contributed by atoms with Gasteiger partial charge in [0.15, 0.2) is 11.6 Å². The molecule has 0 aromatic heterocycles. The zero-order valence-electron chi connectivity index (χ0n) is 25.1. The number of rotatable bonds is 4. The molecule has 4 saturated heterocycles. The van der Waals surface area contributed by atoms with Gasteiger partial charge in [-0.05, 0) is 53.4 Å². The molecule has 4 heterocycles. The molecule has 4 rings (SSSR count). The second-order valence-electron chi connectivity index (χ2n) is 13.8. The average Bonchev–Trinajstić information content (AvgIpc) is 2.92. The Morgan fingerprint density at radius 3 is 1.14 bits per heavy atom. The molecule has 0 aliphatic carbocycles. The summed E-state index contributed by atoms with van der Waals surface area (Å²) in [6, 6.07) is 0. The Morgan fingerprint density at radius 2 is 0.892 bits per heavy atom. The number of nitrogens with zero attached hydrogens (tertiary/aromatic N) is 2. The lowest BCUT2D eigenvalue weighted by Gasteiger charge is -2.64. The Labute approximate surface area is 224 Å². The van der Waals surface area contributed by atoms with Crippen LogP contribution in [-0.2, 0) is 29.4 Å². The highest BCUT2D eigenvalue weighted by molar-refractivity contribution is 5.11. The molecule has 2 radical (unpaired) electrons. The fourth-order valence-corrected chi connectivity index (χ4v) is 7.62. The van der Waals surface area contributed by atoms with Crippen LogP contribution in [-0.4, -0.2) is 70.3 Å². The number of hydroxylamine groups is 4. The molecule has 0 aromatic rings. The van der Waals surface area contributed by atoms with Crippen molar-refractivity contribution in [3.8, 4) is 0 Å². The summed E-state index contributed by atoms with van der Waals surface area (Å²) in [5, 5.41) is 29.6. The first kappa shape index (κ1) is 29.7. The second kappa shape index (κ2) is 9.37. The number of hydrogen-bond acceptors (Lipinski definition) is 6. The molecule has 3 spiro atoms. The summed E-state index contributed by atoms with van der Waals surface area (Å²) in [4.78, 5) is 0. The van der Waals surface area contributed by atoms with Gasteiger partial charge in [-0.3, -0.25) is 0 Å². The maximum Gasteiger partial charge on any atom is 0.174 e. The smallest absolute Gasteiger partial charge is 0.174 e. The molecule has 6 unspecified atom stereocenters. The number of ether oxygens (including phenoxy) is 4. The van der Waals surface area contributed by atoms with E-state index in [-0.39, 0.29) is 11.8 Å². The van der Waals surface area contributed by atoms with E-state index in [0.29, 0.717) is 39.3 Å². The van der Waals surface area contributed by atoms with Gasteiger partial charge in [-0.25, -0.2) is 0 Å². The van der Waals surface area contributed by atoms with E-state index in [0.717, 1.165) is 25.7 Å². The van der Waals surface area contributed by atoms with Crippen molar-refractivity contribution in [1.82, 2.24) is 10.1 Å². The minimum atomic E-state index is -0.806. The first-order valence-corrected chi connectivity index (χ1v) is 14.6. The summed E-state index contributed by atoms with van der Waals surface area (Å²) < 4.78 is 26.8. The van der Waals surface area contributed by atoms with Gasteiger partial charge >= 0.3 is 0 Å². The molecule has 4 aliphatic rings. The third kappa shape index (κ3) is 4.07. The highest BCUT2D eigenvalue weighted by Gasteiger charge is 2.67. The molecule has 4 aliphatic heterocycles. The van der Waals surface area contributed by atoms with Gasteiger partial charge in [0.25, 0.3) is 0 Å². The normalized spacial score (nSPS) is 53.8. The molecular weight excluding hydrogens is 472 g/mol. The van der Waals surface area contributed by atoms with Crippen LogP contribution in [0.25, 0.3) is 0 Å². The van der Waals surface area contributed by atoms with E-state index in [1.165, 1.54) is 10.1 Å². The van der Waals surface area contributed by atoms with Crippen LogP contribution >= 0.6 is 0 Å². The van der Waals surface area contributed by atoms with Gasteiger partial charge in [-0.2, -0.15) is 0 Å². The molecule has 37 heavy (non-hydrogen) atoms. The van der Waals surface area contributed by atoms with Crippen molar-refractivity contribution < 1.29 is 29.4 Å². The molecule has 0 N–H and O–H groups in total. The Kier molecular flexibility index (Phi) is 7.51. The van der Waals surface area contributed by atoms with Crippen LogP contribution in [0.3, 0.4) is 0 Å². The monoisotopic (exact) mass is 524 g/mol. The van der Waals surface area contributed by atoms with Crippen LogP contribution in [0.4, 0.5) is 0 Å². The Hall–Kier alpha value is -0.320. The van der Waals surface area contributed by atoms with Crippen LogP contribution in [0.5, 0.6) is 0 Å². The van der Waals surface area contributed by atoms with Crippen molar-refractivity contribution in [2.45, 2.75) is 141 Å². The Morgan fingerprint density at radius 1 is 0.595 bits per heavy atom. The summed E-state index contributed by atoms with van der Waals surface area (Å²) in [5.74, 6) is -1.79. The lowest BCUT2D eigenvalue weighted by molar-refractivity contribution is -0.446. The van der Waals surface area contributed by atoms with Crippen LogP contribution in [0.1, 0.15) is 108 Å². The van der Waals surface area contributed by atoms with Crippen molar-refractivity contribution in [3.63, 3.8) is 0 Å². The molecule has 214 valence electrons. The van der Waals surface area contributed by atoms with Gasteiger partial charge in [-0.15, -0.1) is 20.5 Å². The minimum absolute atomic E-state index is 0.0897. The molecule has 6 atom stereocenters. The number of piperidine rings is 2. The summed E-state index contributed by atoms with van der Waals surface area (Å²) in [7, 11) is 0. The van der Waals surface area contributed by atoms with Crippen molar-refractivity contribution >= 4 is 0 Å². The summed E-state index contributed by atoms with van der Waals surface area (Å²) in [6.07, 6.45) is 3.99. The lowest BCUT2D eigenvalue weighted by Crippen LogP contribution is -2.75. The van der Waals surface area contributed by atoms with Crippen molar-refractivity contribution in [2.75, 3.05) is 26.4 Å². The van der Waals surface area contributed by atoms with E-state index >= 15 is 0 Å². The molecule has 8 nitrogen and oxygen atoms in total. The van der Waals surface area contributed by atoms with Crippen LogP contribution in [0, 0.1) is 17.3 Å². The fraction of sp³-hybridized carbons (Fsp3) is 1.00. The maximum absolute atomic E-state index is 13.5. The van der Waals surface area contributed by atoms with Crippen molar-refractivity contribution in [1.29, 1.82) is 0 Å². The van der Waals surface area contributed by atoms with Crippen LogP contribution in [0.15, 0.2) is 0 Å². The largest absolute Gasteiger partial charge is 0.349 e. The zero-order valence-corrected chi connectivity index (χ0v) is 25.1. The second-order valence-corrected chi connectivity index (χ2v) is 13.8. The minimum Gasteiger partial charge on any atom is -0.349 e. The highest BCUT2D eigenvalue weighted by atomic mass is 16.7. The summed E-state index contributed by atoms with van der Waals surface area (Å²) >= 11 is 0. The average molecular weight is 525 g/mol. The third-order valence-corrected chi connectivity index (χ3v) is 11.8. The Balaban J connectivity index is 1.53. The van der Waals surface area contributed by atoms with E-state index in [1.807, 2.05) is 27.7 Å². The number of hydrogen-bond donors (Lipinski definition) is 0. The fourth-order valence-electron chi connectivity index (χ4n) is 7.62. The quantitative estimate of drug-likeness (QED) is 0.482. The predicted molar refractivity (Wildman–Crippen MR) is 139 cm³/mol. The molecular formula is C29H52N2O6.